The third-order valence-electron chi connectivity index (χ3n) is 0.235. The minimum atomic E-state index is 0. The fourth-order valence-electron chi connectivity index (χ4n) is 0.0680. The summed E-state index contributed by atoms with van der Waals surface area (Å²) in [4.78, 5) is 9.18. The molecule has 0 aliphatic heterocycles. The second kappa shape index (κ2) is 9.03. The second-order valence-electron chi connectivity index (χ2n) is 0.552. The molecule has 0 radical (unpaired) electrons. The summed E-state index contributed by atoms with van der Waals surface area (Å²) in [5, 5.41) is 0. The van der Waals surface area contributed by atoms with Crippen molar-refractivity contribution in [1.82, 2.24) is 0 Å². The van der Waals surface area contributed by atoms with Crippen LogP contribution in [0.5, 0.6) is 0 Å². The Morgan fingerprint density at radius 1 is 1.83 bits per heavy atom. The van der Waals surface area contributed by atoms with Gasteiger partial charge < -0.3 is 4.74 Å². The van der Waals surface area contributed by atoms with Gasteiger partial charge in [0, 0.05) is 0 Å². The summed E-state index contributed by atoms with van der Waals surface area (Å²) >= 11 is 0. The van der Waals surface area contributed by atoms with Gasteiger partial charge in [-0.3, -0.25) is 4.79 Å². The normalized spacial score (nSPS) is 5.50. The number of carbonyl (C=O) groups excluding carboxylic acids is 1. The number of hydrogen-bond acceptors (Lipinski definition) is 2. The van der Waals surface area contributed by atoms with Gasteiger partial charge in [-0.1, -0.05) is 0 Å². The molecule has 0 fully saturated rings. The van der Waals surface area contributed by atoms with E-state index in [1.54, 1.807) is 6.92 Å². The predicted molar refractivity (Wildman–Crippen MR) is 26.2 cm³/mol. The Bertz CT molecular complexity index is 30.0. The molecule has 38 valence electrons. The van der Waals surface area contributed by atoms with Crippen molar-refractivity contribution in [2.24, 2.45) is 0 Å². The summed E-state index contributed by atoms with van der Waals surface area (Å²) < 4.78 is 4.15. The zero-order chi connectivity index (χ0) is 4.12. The van der Waals surface area contributed by atoms with Crippen molar-refractivity contribution in [2.45, 2.75) is 6.92 Å². The molecule has 0 aromatic heterocycles. The first-order valence-electron chi connectivity index (χ1n) is 1.47. The monoisotopic (exact) mass is 285 g/mol. The average Bonchev–Trinajstić information content (AvgIpc) is 1.41. The van der Waals surface area contributed by atoms with Crippen LogP contribution >= 0.6 is 0 Å². The van der Waals surface area contributed by atoms with Crippen LogP contribution in [0.2, 0.25) is 0 Å². The molecule has 0 heterocycles. The summed E-state index contributed by atoms with van der Waals surface area (Å²) in [7, 11) is 0. The van der Waals surface area contributed by atoms with E-state index in [2.05, 4.69) is 4.74 Å². The Labute approximate surface area is 56.3 Å². The van der Waals surface area contributed by atoms with Crippen molar-refractivity contribution < 1.29 is 9.53 Å². The molecule has 0 aliphatic carbocycles. The van der Waals surface area contributed by atoms with Crippen molar-refractivity contribution in [2.75, 3.05) is 6.61 Å². The van der Waals surface area contributed by atoms with Crippen LogP contribution in [0, 0.1) is 0 Å². The molecule has 0 aromatic rings. The number of carbonyl (C=O) groups is 1. The second-order valence-corrected chi connectivity index (χ2v) is 0.552. The molecule has 0 spiro atoms. The summed E-state index contributed by atoms with van der Waals surface area (Å²) in [5.41, 5.74) is 0. The first-order valence-corrected chi connectivity index (χ1v) is 1.47. The van der Waals surface area contributed by atoms with Gasteiger partial charge in [-0.2, -0.15) is 0 Å². The first-order chi connectivity index (χ1) is 2.41. The molecule has 2 nitrogen and oxygen atoms in total. The van der Waals surface area contributed by atoms with Crippen LogP contribution < -0.4 is 0 Å². The number of hydrogen-bond donors (Lipinski definition) is 0. The Kier molecular flexibility index (Phi) is 14.5. The van der Waals surface area contributed by atoms with Crippen LogP contribution in [0.1, 0.15) is 6.92 Å². The summed E-state index contributed by atoms with van der Waals surface area (Å²) in [6, 6.07) is 0. The van der Waals surface area contributed by atoms with Gasteiger partial charge in [-0.15, -0.1) is 0 Å². The Balaban J connectivity index is 0. The van der Waals surface area contributed by atoms with Gasteiger partial charge in [0.1, 0.15) is 0 Å². The summed E-state index contributed by atoms with van der Waals surface area (Å²) in [6.07, 6.45) is 0. The van der Waals surface area contributed by atoms with Crippen LogP contribution in [-0.4, -0.2) is 39.6 Å². The molecule has 0 aliphatic rings. The van der Waals surface area contributed by atoms with E-state index in [0.29, 0.717) is 13.1 Å². The quantitative estimate of drug-likeness (QED) is 0.625. The molecule has 0 bridgehead atoms. The van der Waals surface area contributed by atoms with Crippen molar-refractivity contribution in [3.05, 3.63) is 0 Å². The fourth-order valence-corrected chi connectivity index (χ4v) is 0.0680. The summed E-state index contributed by atoms with van der Waals surface area (Å²) in [6.45, 7) is 2.66. The van der Waals surface area contributed by atoms with E-state index in [4.69, 9.17) is 0 Å². The zero-order valence-corrected chi connectivity index (χ0v) is 7.49. The van der Waals surface area contributed by atoms with Gasteiger partial charge in [0.05, 0.1) is 6.61 Å². The van der Waals surface area contributed by atoms with E-state index in [1.165, 1.54) is 0 Å². The molecule has 0 N–H and O–H groups in total. The van der Waals surface area contributed by atoms with Crippen LogP contribution in [0.15, 0.2) is 0 Å². The van der Waals surface area contributed by atoms with Gasteiger partial charge in [0.25, 0.3) is 6.47 Å². The SMILES string of the molecule is CCOC=O.[PoH2]. The molecule has 0 aromatic carbocycles. The molecule has 0 saturated carbocycles. The maximum absolute atomic E-state index is 9.18. The van der Waals surface area contributed by atoms with E-state index >= 15 is 0 Å². The van der Waals surface area contributed by atoms with Crippen LogP contribution in [0.3, 0.4) is 0 Å². The van der Waals surface area contributed by atoms with E-state index in [9.17, 15) is 4.79 Å². The van der Waals surface area contributed by atoms with E-state index < -0.39 is 0 Å². The molecule has 3 heteroatoms. The standard InChI is InChI=1S/C3H6O2.Po.2H/c1-2-5-3-4;;;/h3H,2H2,1H3;;;. The summed E-state index contributed by atoms with van der Waals surface area (Å²) in [5.74, 6) is 0. The molecule has 6 heavy (non-hydrogen) atoms. The van der Waals surface area contributed by atoms with Crippen molar-refractivity contribution in [1.29, 1.82) is 0 Å². The Morgan fingerprint density at radius 2 is 2.33 bits per heavy atom. The molecule has 0 rings (SSSR count). The van der Waals surface area contributed by atoms with Gasteiger partial charge in [-0.05, 0) is 6.92 Å². The van der Waals surface area contributed by atoms with Crippen LogP contribution in [-0.2, 0) is 9.53 Å². The number of rotatable bonds is 2. The Morgan fingerprint density at radius 3 is 2.33 bits per heavy atom. The molecule has 0 atom stereocenters. The van der Waals surface area contributed by atoms with Crippen molar-refractivity contribution in [3.63, 3.8) is 0 Å². The van der Waals surface area contributed by atoms with Crippen LogP contribution in [0.4, 0.5) is 0 Å². The zero-order valence-electron chi connectivity index (χ0n) is 3.60. The third kappa shape index (κ3) is 8.84. The molecular weight excluding hydrogens is 277 g/mol. The average molecular weight is 285 g/mol. The third-order valence-corrected chi connectivity index (χ3v) is 0.235. The van der Waals surface area contributed by atoms with E-state index in [0.717, 1.165) is 0 Å². The molecule has 0 saturated heterocycles. The first kappa shape index (κ1) is 9.62. The van der Waals surface area contributed by atoms with Gasteiger partial charge in [0.2, 0.25) is 0 Å². The molecular formula is C3H8O2Po. The van der Waals surface area contributed by atoms with E-state index in [1.807, 2.05) is 0 Å². The minimum absolute atomic E-state index is 0. The fraction of sp³-hybridized carbons (Fsp3) is 0.667. The van der Waals surface area contributed by atoms with Crippen molar-refractivity contribution >= 4 is 33.0 Å². The Hall–Kier alpha value is 0.366. The maximum atomic E-state index is 9.18. The topological polar surface area (TPSA) is 26.3 Å². The van der Waals surface area contributed by atoms with Gasteiger partial charge >= 0.3 is 26.6 Å². The van der Waals surface area contributed by atoms with Gasteiger partial charge in [0.15, 0.2) is 0 Å². The van der Waals surface area contributed by atoms with Gasteiger partial charge in [-0.25, -0.2) is 0 Å². The molecule has 0 amide bonds. The van der Waals surface area contributed by atoms with Crippen LogP contribution in [0.25, 0.3) is 0 Å². The number of ether oxygens (including phenoxy) is 1. The predicted octanol–water partition coefficient (Wildman–Crippen LogP) is -0.737. The van der Waals surface area contributed by atoms with Crippen molar-refractivity contribution in [3.8, 4) is 0 Å². The molecule has 0 unspecified atom stereocenters. The van der Waals surface area contributed by atoms with E-state index in [-0.39, 0.29) is 26.6 Å².